The van der Waals surface area contributed by atoms with E-state index in [9.17, 15) is 4.79 Å². The van der Waals surface area contributed by atoms with Gasteiger partial charge in [-0.15, -0.1) is 11.8 Å². The van der Waals surface area contributed by atoms with Crippen LogP contribution in [-0.4, -0.2) is 27.9 Å². The predicted molar refractivity (Wildman–Crippen MR) is 126 cm³/mol. The van der Waals surface area contributed by atoms with Crippen molar-refractivity contribution in [2.24, 2.45) is 0 Å². The molecule has 1 aliphatic rings. The molecule has 8 nitrogen and oxygen atoms in total. The van der Waals surface area contributed by atoms with Gasteiger partial charge in [0.25, 0.3) is 5.56 Å². The summed E-state index contributed by atoms with van der Waals surface area (Å²) < 4.78 is 17.4. The number of rotatable bonds is 7. The Kier molecular flexibility index (Phi) is 6.01. The van der Waals surface area contributed by atoms with E-state index in [-0.39, 0.29) is 12.4 Å². The van der Waals surface area contributed by atoms with Gasteiger partial charge in [0.1, 0.15) is 11.4 Å². The number of halogens is 1. The van der Waals surface area contributed by atoms with Gasteiger partial charge in [-0.25, -0.2) is 4.63 Å². The molecule has 4 aromatic rings. The van der Waals surface area contributed by atoms with Crippen molar-refractivity contribution in [3.8, 4) is 11.5 Å². The molecular weight excluding hydrogens is 464 g/mol. The number of nitrogens with zero attached hydrogens (tertiary/aromatic N) is 3. The summed E-state index contributed by atoms with van der Waals surface area (Å²) in [6, 6.07) is 11.6. The molecule has 33 heavy (non-hydrogen) atoms. The minimum atomic E-state index is -0.0861. The maximum atomic E-state index is 13.6. The molecule has 10 heteroatoms. The van der Waals surface area contributed by atoms with Crippen LogP contribution >= 0.6 is 23.4 Å². The highest BCUT2D eigenvalue weighted by molar-refractivity contribution is 7.98. The van der Waals surface area contributed by atoms with Gasteiger partial charge in [-0.05, 0) is 48.4 Å². The Morgan fingerprint density at radius 3 is 2.67 bits per heavy atom. The third kappa shape index (κ3) is 4.31. The maximum Gasteiger partial charge on any atom is 0.255 e. The fourth-order valence-electron chi connectivity index (χ4n) is 3.80. The first-order valence-electron chi connectivity index (χ1n) is 10.3. The lowest BCUT2D eigenvalue weighted by atomic mass is 10.1. The van der Waals surface area contributed by atoms with Gasteiger partial charge in [0, 0.05) is 34.6 Å². The SMILES string of the molecule is CSc1ccc2cc(CNCc3nonc3C)c(=O)n(Cc3cc4c(cc3Cl)OCO4)c2c1. The molecule has 2 aromatic carbocycles. The Bertz CT molecular complexity index is 1400. The van der Waals surface area contributed by atoms with E-state index >= 15 is 0 Å². The van der Waals surface area contributed by atoms with Gasteiger partial charge < -0.3 is 19.4 Å². The van der Waals surface area contributed by atoms with Crippen molar-refractivity contribution in [3.63, 3.8) is 0 Å². The number of benzene rings is 2. The van der Waals surface area contributed by atoms with Crippen molar-refractivity contribution in [1.82, 2.24) is 20.2 Å². The smallest absolute Gasteiger partial charge is 0.255 e. The second kappa shape index (κ2) is 9.09. The lowest BCUT2D eigenvalue weighted by Gasteiger charge is -2.15. The van der Waals surface area contributed by atoms with Crippen LogP contribution in [0.5, 0.6) is 11.5 Å². The molecule has 1 aliphatic heterocycles. The minimum Gasteiger partial charge on any atom is -0.454 e. The van der Waals surface area contributed by atoms with E-state index in [0.717, 1.165) is 27.1 Å². The van der Waals surface area contributed by atoms with Gasteiger partial charge >= 0.3 is 0 Å². The molecule has 1 N–H and O–H groups in total. The molecule has 5 rings (SSSR count). The molecule has 0 spiro atoms. The number of aryl methyl sites for hydroxylation is 1. The molecule has 3 heterocycles. The van der Waals surface area contributed by atoms with Crippen LogP contribution in [0.1, 0.15) is 22.5 Å². The second-order valence-corrected chi connectivity index (χ2v) is 8.97. The number of aromatic nitrogens is 3. The lowest BCUT2D eigenvalue weighted by molar-refractivity contribution is 0.174. The average molecular weight is 485 g/mol. The summed E-state index contributed by atoms with van der Waals surface area (Å²) >= 11 is 8.16. The quantitative estimate of drug-likeness (QED) is 0.391. The van der Waals surface area contributed by atoms with Crippen molar-refractivity contribution >= 4 is 34.3 Å². The van der Waals surface area contributed by atoms with Gasteiger partial charge in [0.2, 0.25) is 6.79 Å². The maximum absolute atomic E-state index is 13.6. The zero-order valence-corrected chi connectivity index (χ0v) is 19.6. The molecule has 0 amide bonds. The number of nitrogens with one attached hydrogen (secondary N) is 1. The van der Waals surface area contributed by atoms with Gasteiger partial charge in [0.05, 0.1) is 12.1 Å². The van der Waals surface area contributed by atoms with Crippen molar-refractivity contribution in [2.75, 3.05) is 13.0 Å². The summed E-state index contributed by atoms with van der Waals surface area (Å²) in [7, 11) is 0. The van der Waals surface area contributed by atoms with E-state index < -0.39 is 0 Å². The Morgan fingerprint density at radius 1 is 1.09 bits per heavy atom. The van der Waals surface area contributed by atoms with Crippen LogP contribution in [-0.2, 0) is 19.6 Å². The van der Waals surface area contributed by atoms with E-state index in [1.807, 2.05) is 37.4 Å². The topological polar surface area (TPSA) is 91.4 Å². The van der Waals surface area contributed by atoms with E-state index in [4.69, 9.17) is 25.7 Å². The number of ether oxygens (including phenoxy) is 2. The number of pyridine rings is 1. The van der Waals surface area contributed by atoms with Gasteiger partial charge in [-0.3, -0.25) is 4.79 Å². The monoisotopic (exact) mass is 484 g/mol. The van der Waals surface area contributed by atoms with Crippen LogP contribution in [0, 0.1) is 6.92 Å². The first-order valence-corrected chi connectivity index (χ1v) is 11.9. The van der Waals surface area contributed by atoms with E-state index in [2.05, 4.69) is 21.7 Å². The Hall–Kier alpha value is -3.01. The number of hydrogen-bond acceptors (Lipinski definition) is 8. The summed E-state index contributed by atoms with van der Waals surface area (Å²) in [4.78, 5) is 14.6. The highest BCUT2D eigenvalue weighted by Gasteiger charge is 2.18. The van der Waals surface area contributed by atoms with E-state index in [0.29, 0.717) is 47.4 Å². The standard InChI is InChI=1S/C23H21ClN4O4S/c1-13-19(27-32-26-13)10-25-9-15-5-14-3-4-17(33-2)7-20(14)28(23(15)29)11-16-6-21-22(8-18(16)24)31-12-30-21/h3-8,25H,9-12H2,1-2H3. The van der Waals surface area contributed by atoms with E-state index in [1.54, 1.807) is 22.4 Å². The molecule has 0 radical (unpaired) electrons. The van der Waals surface area contributed by atoms with Gasteiger partial charge in [0.15, 0.2) is 11.5 Å². The van der Waals surface area contributed by atoms with Gasteiger partial charge in [-0.1, -0.05) is 28.0 Å². The summed E-state index contributed by atoms with van der Waals surface area (Å²) in [6.07, 6.45) is 2.01. The Morgan fingerprint density at radius 2 is 1.91 bits per heavy atom. The third-order valence-electron chi connectivity index (χ3n) is 5.60. The number of thioether (sulfide) groups is 1. The Labute approximate surface area is 198 Å². The first-order chi connectivity index (χ1) is 16.0. The lowest BCUT2D eigenvalue weighted by Crippen LogP contribution is -2.28. The zero-order chi connectivity index (χ0) is 22.9. The Balaban J connectivity index is 1.53. The summed E-state index contributed by atoms with van der Waals surface area (Å²) in [5.41, 5.74) is 3.63. The van der Waals surface area contributed by atoms with Crippen LogP contribution < -0.4 is 20.3 Å². The summed E-state index contributed by atoms with van der Waals surface area (Å²) in [6.45, 7) is 3.13. The fourth-order valence-corrected chi connectivity index (χ4v) is 4.45. The molecule has 0 fully saturated rings. The first kappa shape index (κ1) is 21.8. The van der Waals surface area contributed by atoms with Crippen LogP contribution in [0.2, 0.25) is 5.02 Å². The van der Waals surface area contributed by atoms with E-state index in [1.165, 1.54) is 0 Å². The average Bonchev–Trinajstić information content (AvgIpc) is 3.44. The molecule has 0 bridgehead atoms. The molecule has 170 valence electrons. The van der Waals surface area contributed by atoms with Gasteiger partial charge in [-0.2, -0.15) is 0 Å². The van der Waals surface area contributed by atoms with Crippen LogP contribution in [0.3, 0.4) is 0 Å². The number of hydrogen-bond donors (Lipinski definition) is 1. The second-order valence-electron chi connectivity index (χ2n) is 7.68. The van der Waals surface area contributed by atoms with Crippen LogP contribution in [0.4, 0.5) is 0 Å². The van der Waals surface area contributed by atoms with Crippen molar-refractivity contribution in [3.05, 3.63) is 74.3 Å². The normalized spacial score (nSPS) is 12.6. The molecule has 0 saturated carbocycles. The van der Waals surface area contributed by atoms with Crippen molar-refractivity contribution in [2.45, 2.75) is 31.5 Å². The highest BCUT2D eigenvalue weighted by Crippen LogP contribution is 2.37. The molecule has 0 unspecified atom stereocenters. The zero-order valence-electron chi connectivity index (χ0n) is 18.1. The molecule has 2 aromatic heterocycles. The molecular formula is C23H21ClN4O4S. The fraction of sp³-hybridized carbons (Fsp3) is 0.261. The largest absolute Gasteiger partial charge is 0.454 e. The summed E-state index contributed by atoms with van der Waals surface area (Å²) in [5.74, 6) is 1.24. The van der Waals surface area contributed by atoms with Crippen molar-refractivity contribution < 1.29 is 14.1 Å². The minimum absolute atomic E-state index is 0.0861. The molecule has 0 atom stereocenters. The number of fused-ring (bicyclic) bond motifs is 2. The van der Waals surface area contributed by atoms with Crippen molar-refractivity contribution in [1.29, 1.82) is 0 Å². The third-order valence-corrected chi connectivity index (χ3v) is 6.68. The highest BCUT2D eigenvalue weighted by atomic mass is 35.5. The van der Waals surface area contributed by atoms with Crippen LogP contribution in [0.25, 0.3) is 10.9 Å². The van der Waals surface area contributed by atoms with Crippen LogP contribution in [0.15, 0.2) is 50.7 Å². The molecule has 0 saturated heterocycles. The molecule has 0 aliphatic carbocycles. The summed E-state index contributed by atoms with van der Waals surface area (Å²) in [5, 5.41) is 12.4. The predicted octanol–water partition coefficient (Wildman–Crippen LogP) is 4.14.